The van der Waals surface area contributed by atoms with Crippen molar-refractivity contribution < 1.29 is 4.79 Å². The molecule has 4 rings (SSSR count). The first-order valence-corrected chi connectivity index (χ1v) is 10.8. The number of rotatable bonds is 4. The zero-order valence-corrected chi connectivity index (χ0v) is 16.5. The monoisotopic (exact) mass is 370 g/mol. The molecule has 2 heterocycles. The minimum absolute atomic E-state index is 0.189. The third-order valence-electron chi connectivity index (χ3n) is 7.40. The summed E-state index contributed by atoms with van der Waals surface area (Å²) in [7, 11) is 0. The van der Waals surface area contributed by atoms with Crippen molar-refractivity contribution in [2.75, 3.05) is 13.1 Å². The second kappa shape index (κ2) is 8.27. The normalized spacial score (nSPS) is 33.4. The smallest absolute Gasteiger partial charge is 0.223 e. The fourth-order valence-electron chi connectivity index (χ4n) is 5.61. The number of fused-ring (bicyclic) bond motifs is 2. The molecule has 0 aromatic carbocycles. The highest BCUT2D eigenvalue weighted by Crippen LogP contribution is 2.42. The SMILES string of the molecule is CC(c1ccncc1)N1CCC(NC(=O)C2CC3CCCC(C2)C3N)CC1. The maximum Gasteiger partial charge on any atom is 0.223 e. The summed E-state index contributed by atoms with van der Waals surface area (Å²) in [5, 5.41) is 3.38. The van der Waals surface area contributed by atoms with Gasteiger partial charge in [0.1, 0.15) is 0 Å². The van der Waals surface area contributed by atoms with Gasteiger partial charge in [-0.2, -0.15) is 0 Å². The number of hydrogen-bond acceptors (Lipinski definition) is 4. The first-order chi connectivity index (χ1) is 13.1. The number of amides is 1. The van der Waals surface area contributed by atoms with Crippen LogP contribution in [0.1, 0.15) is 63.5 Å². The number of nitrogens with two attached hydrogens (primary N) is 1. The van der Waals surface area contributed by atoms with E-state index in [1.165, 1.54) is 24.8 Å². The summed E-state index contributed by atoms with van der Waals surface area (Å²) in [6.45, 7) is 4.34. The first kappa shape index (κ1) is 18.9. The second-order valence-electron chi connectivity index (χ2n) is 8.97. The number of nitrogens with zero attached hydrogens (tertiary/aromatic N) is 2. The molecule has 2 aliphatic carbocycles. The lowest BCUT2D eigenvalue weighted by Crippen LogP contribution is -2.51. The molecule has 3 fully saturated rings. The summed E-state index contributed by atoms with van der Waals surface area (Å²) in [5.41, 5.74) is 7.70. The second-order valence-corrected chi connectivity index (χ2v) is 8.97. The molecule has 0 spiro atoms. The zero-order valence-electron chi connectivity index (χ0n) is 16.5. The van der Waals surface area contributed by atoms with Gasteiger partial charge in [0.15, 0.2) is 0 Å². The van der Waals surface area contributed by atoms with Crippen LogP contribution in [0.5, 0.6) is 0 Å². The van der Waals surface area contributed by atoms with Gasteiger partial charge in [0.2, 0.25) is 5.91 Å². The van der Waals surface area contributed by atoms with Gasteiger partial charge >= 0.3 is 0 Å². The molecular weight excluding hydrogens is 336 g/mol. The number of carbonyl (C=O) groups excluding carboxylic acids is 1. The Labute approximate surface area is 163 Å². The predicted molar refractivity (Wildman–Crippen MR) is 107 cm³/mol. The Morgan fingerprint density at radius 3 is 2.41 bits per heavy atom. The lowest BCUT2D eigenvalue weighted by atomic mass is 9.65. The molecule has 3 atom stereocenters. The van der Waals surface area contributed by atoms with E-state index in [1.54, 1.807) is 0 Å². The van der Waals surface area contributed by atoms with Crippen molar-refractivity contribution >= 4 is 5.91 Å². The van der Waals surface area contributed by atoms with Crippen LogP contribution in [0, 0.1) is 17.8 Å². The van der Waals surface area contributed by atoms with Crippen molar-refractivity contribution in [2.45, 2.75) is 70.0 Å². The van der Waals surface area contributed by atoms with Gasteiger partial charge in [-0.1, -0.05) is 6.42 Å². The topological polar surface area (TPSA) is 71.2 Å². The maximum atomic E-state index is 12.9. The average molecular weight is 371 g/mol. The van der Waals surface area contributed by atoms with Crippen LogP contribution >= 0.6 is 0 Å². The Hall–Kier alpha value is -1.46. The largest absolute Gasteiger partial charge is 0.353 e. The molecule has 5 heteroatoms. The van der Waals surface area contributed by atoms with Crippen LogP contribution in [-0.2, 0) is 4.79 Å². The Morgan fingerprint density at radius 1 is 1.15 bits per heavy atom. The lowest BCUT2D eigenvalue weighted by Gasteiger charge is -2.44. The molecule has 27 heavy (non-hydrogen) atoms. The van der Waals surface area contributed by atoms with Crippen molar-refractivity contribution in [1.82, 2.24) is 15.2 Å². The summed E-state index contributed by atoms with van der Waals surface area (Å²) in [6, 6.07) is 5.27. The predicted octanol–water partition coefficient (Wildman–Crippen LogP) is 2.88. The Bertz CT molecular complexity index is 614. The molecule has 3 aliphatic rings. The number of likely N-dealkylation sites (tertiary alicyclic amines) is 1. The van der Waals surface area contributed by atoms with Gasteiger partial charge in [0.05, 0.1) is 0 Å². The maximum absolute atomic E-state index is 12.9. The van der Waals surface area contributed by atoms with Crippen LogP contribution < -0.4 is 11.1 Å². The van der Waals surface area contributed by atoms with Crippen LogP contribution in [0.25, 0.3) is 0 Å². The van der Waals surface area contributed by atoms with Crippen LogP contribution in [0.3, 0.4) is 0 Å². The highest BCUT2D eigenvalue weighted by atomic mass is 16.1. The lowest BCUT2D eigenvalue weighted by molar-refractivity contribution is -0.129. The third kappa shape index (κ3) is 4.19. The van der Waals surface area contributed by atoms with E-state index in [0.717, 1.165) is 38.8 Å². The fourth-order valence-corrected chi connectivity index (χ4v) is 5.61. The van der Waals surface area contributed by atoms with E-state index in [0.29, 0.717) is 35.9 Å². The minimum Gasteiger partial charge on any atom is -0.353 e. The Morgan fingerprint density at radius 2 is 1.78 bits per heavy atom. The summed E-state index contributed by atoms with van der Waals surface area (Å²) in [6.07, 6.45) is 11.5. The number of nitrogens with one attached hydrogen (secondary N) is 1. The summed E-state index contributed by atoms with van der Waals surface area (Å²) >= 11 is 0. The molecule has 2 bridgehead atoms. The van der Waals surface area contributed by atoms with Gasteiger partial charge in [0, 0.05) is 49.5 Å². The highest BCUT2D eigenvalue weighted by Gasteiger charge is 2.41. The van der Waals surface area contributed by atoms with E-state index >= 15 is 0 Å². The standard InChI is InChI=1S/C22H34N4O/c1-15(16-5-9-24-10-6-16)26-11-7-20(8-12-26)25-22(27)19-13-17-3-2-4-18(14-19)21(17)23/h5-6,9-10,15,17-21H,2-4,7-8,11-14,23H2,1H3,(H,25,27). The Kier molecular flexibility index (Phi) is 5.79. The van der Waals surface area contributed by atoms with Gasteiger partial charge in [-0.05, 0) is 75.0 Å². The number of pyridine rings is 1. The molecule has 1 amide bonds. The van der Waals surface area contributed by atoms with Gasteiger partial charge in [-0.25, -0.2) is 0 Å². The summed E-state index contributed by atoms with van der Waals surface area (Å²) < 4.78 is 0. The van der Waals surface area contributed by atoms with Gasteiger partial charge < -0.3 is 11.1 Å². The van der Waals surface area contributed by atoms with Crippen molar-refractivity contribution in [3.63, 3.8) is 0 Å². The third-order valence-corrected chi connectivity index (χ3v) is 7.40. The Balaban J connectivity index is 1.26. The number of aromatic nitrogens is 1. The quantitative estimate of drug-likeness (QED) is 0.855. The summed E-state index contributed by atoms with van der Waals surface area (Å²) in [4.78, 5) is 19.5. The fraction of sp³-hybridized carbons (Fsp3) is 0.727. The molecule has 1 aliphatic heterocycles. The number of carbonyl (C=O) groups is 1. The molecule has 2 saturated carbocycles. The van der Waals surface area contributed by atoms with Gasteiger partial charge in [0.25, 0.3) is 0 Å². The van der Waals surface area contributed by atoms with E-state index in [1.807, 2.05) is 12.4 Å². The molecule has 1 aromatic rings. The van der Waals surface area contributed by atoms with E-state index < -0.39 is 0 Å². The molecule has 1 aromatic heterocycles. The van der Waals surface area contributed by atoms with E-state index in [-0.39, 0.29) is 5.92 Å². The first-order valence-electron chi connectivity index (χ1n) is 10.8. The molecule has 0 radical (unpaired) electrons. The molecule has 1 saturated heterocycles. The summed E-state index contributed by atoms with van der Waals surface area (Å²) in [5.74, 6) is 1.61. The van der Waals surface area contributed by atoms with Gasteiger partial charge in [-0.15, -0.1) is 0 Å². The van der Waals surface area contributed by atoms with Crippen LogP contribution in [-0.4, -0.2) is 41.0 Å². The molecule has 5 nitrogen and oxygen atoms in total. The van der Waals surface area contributed by atoms with Crippen molar-refractivity contribution in [3.8, 4) is 0 Å². The van der Waals surface area contributed by atoms with Crippen LogP contribution in [0.15, 0.2) is 24.5 Å². The van der Waals surface area contributed by atoms with Crippen molar-refractivity contribution in [2.24, 2.45) is 23.5 Å². The molecule has 148 valence electrons. The number of piperidine rings is 1. The van der Waals surface area contributed by atoms with Crippen LogP contribution in [0.2, 0.25) is 0 Å². The minimum atomic E-state index is 0.189. The van der Waals surface area contributed by atoms with Crippen molar-refractivity contribution in [1.29, 1.82) is 0 Å². The van der Waals surface area contributed by atoms with E-state index in [9.17, 15) is 4.79 Å². The molecule has 3 N–H and O–H groups in total. The van der Waals surface area contributed by atoms with Gasteiger partial charge in [-0.3, -0.25) is 14.7 Å². The van der Waals surface area contributed by atoms with Crippen LogP contribution in [0.4, 0.5) is 0 Å². The van der Waals surface area contributed by atoms with Crippen molar-refractivity contribution in [3.05, 3.63) is 30.1 Å². The highest BCUT2D eigenvalue weighted by molar-refractivity contribution is 5.79. The van der Waals surface area contributed by atoms with E-state index in [4.69, 9.17) is 5.73 Å². The van der Waals surface area contributed by atoms with E-state index in [2.05, 4.69) is 34.3 Å². The number of hydrogen-bond donors (Lipinski definition) is 2. The molecule has 3 unspecified atom stereocenters. The average Bonchev–Trinajstić information content (AvgIpc) is 2.68. The zero-order chi connectivity index (χ0) is 18.8. The molecular formula is C22H34N4O.